The second kappa shape index (κ2) is 6.49. The van der Waals surface area contributed by atoms with E-state index in [1.807, 2.05) is 0 Å². The molecule has 4 rings (SSSR count). The number of benzene rings is 2. The number of alkyl halides is 2. The van der Waals surface area contributed by atoms with Gasteiger partial charge in [0.1, 0.15) is 5.76 Å². The van der Waals surface area contributed by atoms with Gasteiger partial charge in [-0.05, 0) is 37.6 Å². The fourth-order valence-corrected chi connectivity index (χ4v) is 3.01. The topological polar surface area (TPSA) is 73.6 Å². The molecule has 144 valence electrons. The Hall–Kier alpha value is -3.13. The number of aryl methyl sites for hydroxylation is 1. The molecule has 9 heteroatoms. The number of fused-ring (bicyclic) bond motifs is 1. The van der Waals surface area contributed by atoms with Crippen LogP contribution >= 0.6 is 11.6 Å². The van der Waals surface area contributed by atoms with Crippen molar-refractivity contribution in [1.29, 1.82) is 0 Å². The molecule has 1 aliphatic heterocycles. The average molecular weight is 407 g/mol. The summed E-state index contributed by atoms with van der Waals surface area (Å²) in [5.41, 5.74) is 2.54. The van der Waals surface area contributed by atoms with Gasteiger partial charge in [0.2, 0.25) is 0 Å². The van der Waals surface area contributed by atoms with Gasteiger partial charge in [-0.15, -0.1) is 8.78 Å². The number of ether oxygens (including phenoxy) is 2. The molecule has 0 spiro atoms. The highest BCUT2D eigenvalue weighted by Crippen LogP contribution is 2.46. The van der Waals surface area contributed by atoms with Gasteiger partial charge in [-0.2, -0.15) is 0 Å². The zero-order valence-corrected chi connectivity index (χ0v) is 15.4. The Morgan fingerprint density at radius 1 is 1.11 bits per heavy atom. The van der Waals surface area contributed by atoms with Crippen LogP contribution in [0.25, 0.3) is 11.1 Å². The van der Waals surface area contributed by atoms with Crippen molar-refractivity contribution in [2.45, 2.75) is 20.1 Å². The lowest BCUT2D eigenvalue weighted by atomic mass is 10.0. The van der Waals surface area contributed by atoms with Crippen molar-refractivity contribution in [1.82, 2.24) is 5.16 Å². The minimum atomic E-state index is -3.71. The molecule has 2 heterocycles. The highest BCUT2D eigenvalue weighted by Gasteiger charge is 2.43. The molecule has 0 fully saturated rings. The van der Waals surface area contributed by atoms with E-state index in [-0.39, 0.29) is 22.2 Å². The molecular formula is C19H13ClF2N2O4. The number of nitrogens with one attached hydrogen (secondary N) is 1. The lowest BCUT2D eigenvalue weighted by Gasteiger charge is -2.08. The highest BCUT2D eigenvalue weighted by atomic mass is 35.5. The SMILES string of the molecule is Cc1onc(C(=O)Nc2ccc(-c3cc4c(cc3Cl)OC(F)(F)O4)cc2)c1C. The first kappa shape index (κ1) is 18.2. The first-order valence-corrected chi connectivity index (χ1v) is 8.55. The number of nitrogens with zero attached hydrogens (tertiary/aromatic N) is 1. The molecule has 0 unspecified atom stereocenters. The molecule has 0 saturated heterocycles. The molecular weight excluding hydrogens is 394 g/mol. The van der Waals surface area contributed by atoms with Gasteiger partial charge in [-0.3, -0.25) is 4.79 Å². The van der Waals surface area contributed by atoms with Crippen LogP contribution in [0.5, 0.6) is 11.5 Å². The smallest absolute Gasteiger partial charge is 0.395 e. The summed E-state index contributed by atoms with van der Waals surface area (Å²) < 4.78 is 40.3. The average Bonchev–Trinajstić information content (AvgIpc) is 3.12. The highest BCUT2D eigenvalue weighted by molar-refractivity contribution is 6.33. The summed E-state index contributed by atoms with van der Waals surface area (Å²) in [6.07, 6.45) is -3.71. The normalized spacial score (nSPS) is 14.2. The Labute approximate surface area is 163 Å². The van der Waals surface area contributed by atoms with Gasteiger partial charge in [0, 0.05) is 22.9 Å². The summed E-state index contributed by atoms with van der Waals surface area (Å²) >= 11 is 6.19. The third-order valence-electron chi connectivity index (χ3n) is 4.32. The van der Waals surface area contributed by atoms with Crippen molar-refractivity contribution in [3.05, 3.63) is 58.4 Å². The van der Waals surface area contributed by atoms with Crippen LogP contribution in [-0.4, -0.2) is 17.4 Å². The maximum absolute atomic E-state index is 13.2. The zero-order valence-electron chi connectivity index (χ0n) is 14.7. The van der Waals surface area contributed by atoms with Gasteiger partial charge >= 0.3 is 6.29 Å². The lowest BCUT2D eigenvalue weighted by molar-refractivity contribution is -0.286. The van der Waals surface area contributed by atoms with Gasteiger partial charge in [-0.1, -0.05) is 28.9 Å². The molecule has 3 aromatic rings. The number of carbonyl (C=O) groups is 1. The molecule has 0 bridgehead atoms. The predicted molar refractivity (Wildman–Crippen MR) is 97.0 cm³/mol. The zero-order chi connectivity index (χ0) is 20.1. The largest absolute Gasteiger partial charge is 0.586 e. The maximum Gasteiger partial charge on any atom is 0.586 e. The van der Waals surface area contributed by atoms with Crippen molar-refractivity contribution < 1.29 is 27.6 Å². The van der Waals surface area contributed by atoms with E-state index in [2.05, 4.69) is 19.9 Å². The Morgan fingerprint density at radius 2 is 1.75 bits per heavy atom. The Bertz CT molecular complexity index is 1080. The third kappa shape index (κ3) is 3.27. The van der Waals surface area contributed by atoms with Crippen LogP contribution in [0.4, 0.5) is 14.5 Å². The first-order valence-electron chi connectivity index (χ1n) is 8.17. The van der Waals surface area contributed by atoms with Crippen molar-refractivity contribution in [3.63, 3.8) is 0 Å². The predicted octanol–water partition coefficient (Wildman–Crippen LogP) is 5.19. The number of carbonyl (C=O) groups excluding carboxylic acids is 1. The second-order valence-electron chi connectivity index (χ2n) is 6.19. The van der Waals surface area contributed by atoms with Crippen LogP contribution in [0.3, 0.4) is 0 Å². The Morgan fingerprint density at radius 3 is 2.36 bits per heavy atom. The van der Waals surface area contributed by atoms with E-state index >= 15 is 0 Å². The van der Waals surface area contributed by atoms with Crippen molar-refractivity contribution in [2.24, 2.45) is 0 Å². The molecule has 0 atom stereocenters. The Balaban J connectivity index is 1.56. The van der Waals surface area contributed by atoms with Crippen LogP contribution in [0.15, 0.2) is 40.9 Å². The summed E-state index contributed by atoms with van der Waals surface area (Å²) in [6.45, 7) is 3.47. The molecule has 6 nitrogen and oxygen atoms in total. The van der Waals surface area contributed by atoms with Crippen molar-refractivity contribution in [3.8, 4) is 22.6 Å². The fraction of sp³-hybridized carbons (Fsp3) is 0.158. The van der Waals surface area contributed by atoms with Gasteiger partial charge in [0.15, 0.2) is 17.2 Å². The molecule has 0 aliphatic carbocycles. The maximum atomic E-state index is 13.2. The van der Waals surface area contributed by atoms with Crippen LogP contribution in [0.1, 0.15) is 21.8 Å². The van der Waals surface area contributed by atoms with Crippen LogP contribution < -0.4 is 14.8 Å². The van der Waals surface area contributed by atoms with Gasteiger partial charge in [0.05, 0.1) is 5.02 Å². The number of hydrogen-bond acceptors (Lipinski definition) is 5. The van der Waals surface area contributed by atoms with Crippen molar-refractivity contribution in [2.75, 3.05) is 5.32 Å². The standard InChI is InChI=1S/C19H13ClF2N2O4/c1-9-10(2)28-24-17(9)18(25)23-12-5-3-11(4-6-12)13-7-15-16(8-14(13)20)27-19(21,22)26-15/h3-8H,1-2H3,(H,23,25). The first-order chi connectivity index (χ1) is 13.2. The van der Waals surface area contributed by atoms with Crippen LogP contribution in [0, 0.1) is 13.8 Å². The van der Waals surface area contributed by atoms with E-state index in [0.717, 1.165) is 0 Å². The van der Waals surface area contributed by atoms with E-state index in [4.69, 9.17) is 16.1 Å². The summed E-state index contributed by atoms with van der Waals surface area (Å²) in [7, 11) is 0. The van der Waals surface area contributed by atoms with Crippen molar-refractivity contribution >= 4 is 23.2 Å². The molecule has 0 saturated carbocycles. The van der Waals surface area contributed by atoms with Gasteiger partial charge < -0.3 is 19.3 Å². The minimum Gasteiger partial charge on any atom is -0.395 e. The summed E-state index contributed by atoms with van der Waals surface area (Å²) in [4.78, 5) is 12.3. The molecule has 1 amide bonds. The van der Waals surface area contributed by atoms with Gasteiger partial charge in [-0.25, -0.2) is 0 Å². The fourth-order valence-electron chi connectivity index (χ4n) is 2.75. The minimum absolute atomic E-state index is 0.0985. The number of amides is 1. The molecule has 0 radical (unpaired) electrons. The summed E-state index contributed by atoms with van der Waals surface area (Å²) in [5, 5.41) is 6.69. The number of anilines is 1. The van der Waals surface area contributed by atoms with E-state index in [0.29, 0.717) is 28.1 Å². The summed E-state index contributed by atoms with van der Waals surface area (Å²) in [5.74, 6) is -0.0477. The van der Waals surface area contributed by atoms with E-state index in [1.54, 1.807) is 38.1 Å². The quantitative estimate of drug-likeness (QED) is 0.648. The van der Waals surface area contributed by atoms with Gasteiger partial charge in [0.25, 0.3) is 5.91 Å². The molecule has 28 heavy (non-hydrogen) atoms. The van der Waals surface area contributed by atoms with E-state index in [1.165, 1.54) is 12.1 Å². The van der Waals surface area contributed by atoms with E-state index in [9.17, 15) is 13.6 Å². The summed E-state index contributed by atoms with van der Waals surface area (Å²) in [6, 6.07) is 9.36. The molecule has 1 aliphatic rings. The van der Waals surface area contributed by atoms with E-state index < -0.39 is 12.2 Å². The third-order valence-corrected chi connectivity index (χ3v) is 4.63. The molecule has 2 aromatic carbocycles. The number of halogens is 3. The Kier molecular flexibility index (Phi) is 4.23. The van der Waals surface area contributed by atoms with Crippen LogP contribution in [0.2, 0.25) is 5.02 Å². The molecule has 1 aromatic heterocycles. The molecule has 1 N–H and O–H groups in total. The number of aromatic nitrogens is 1. The number of hydrogen-bond donors (Lipinski definition) is 1. The number of rotatable bonds is 3. The second-order valence-corrected chi connectivity index (χ2v) is 6.60. The lowest BCUT2D eigenvalue weighted by Crippen LogP contribution is -2.25. The monoisotopic (exact) mass is 406 g/mol. The van der Waals surface area contributed by atoms with Crippen LogP contribution in [-0.2, 0) is 0 Å².